The van der Waals surface area contributed by atoms with Gasteiger partial charge in [0.2, 0.25) is 0 Å². The molecule has 1 saturated heterocycles. The highest BCUT2D eigenvalue weighted by Gasteiger charge is 2.45. The van der Waals surface area contributed by atoms with Crippen LogP contribution in [0.3, 0.4) is 0 Å². The summed E-state index contributed by atoms with van der Waals surface area (Å²) in [7, 11) is 0. The Morgan fingerprint density at radius 1 is 1.19 bits per heavy atom. The van der Waals surface area contributed by atoms with E-state index >= 15 is 0 Å². The minimum Gasteiger partial charge on any atom is -0.459 e. The van der Waals surface area contributed by atoms with E-state index < -0.39 is 43.2 Å². The number of hydrogen-bond donors (Lipinski definition) is 4. The van der Waals surface area contributed by atoms with Crippen LogP contribution in [0.2, 0.25) is 0 Å². The molecular weight excluding hydrogens is 358 g/mol. The van der Waals surface area contributed by atoms with Crippen molar-refractivity contribution in [1.29, 1.82) is 0 Å². The van der Waals surface area contributed by atoms with E-state index in [1.165, 1.54) is 11.6 Å². The van der Waals surface area contributed by atoms with Gasteiger partial charge in [0, 0.05) is 12.5 Å². The van der Waals surface area contributed by atoms with Crippen molar-refractivity contribution < 1.29 is 34.7 Å². The Hall–Kier alpha value is -2.37. The first kappa shape index (κ1) is 19.4. The molecule has 0 saturated carbocycles. The summed E-state index contributed by atoms with van der Waals surface area (Å²) in [5.74, 6) is -0.489. The number of benzene rings is 1. The van der Waals surface area contributed by atoms with Gasteiger partial charge in [-0.1, -0.05) is 35.5 Å². The lowest BCUT2D eigenvalue weighted by Crippen LogP contribution is -2.56. The van der Waals surface area contributed by atoms with E-state index in [1.54, 1.807) is 24.3 Å². The van der Waals surface area contributed by atoms with E-state index in [9.17, 15) is 25.2 Å². The number of carbonyl (C=O) groups excluding carboxylic acids is 1. The van der Waals surface area contributed by atoms with Gasteiger partial charge in [-0.05, 0) is 0 Å². The number of carbonyl (C=O) groups is 1. The standard InChI is InChI=1S/C17H21N3O7/c1-9(22)26-8-11-13(10-5-3-2-4-6-10)20(19-18-11)17-16(25)15(24)14(23)12(7-21)27-17/h2-6,12,14-17,21,23-25H,7-8H2,1H3/t12-,14-,15+,16-,17-/m1/s1. The highest BCUT2D eigenvalue weighted by Crippen LogP contribution is 2.33. The minimum absolute atomic E-state index is 0.142. The fourth-order valence-corrected chi connectivity index (χ4v) is 2.95. The maximum Gasteiger partial charge on any atom is 0.303 e. The van der Waals surface area contributed by atoms with Gasteiger partial charge in [0.1, 0.15) is 36.7 Å². The lowest BCUT2D eigenvalue weighted by Gasteiger charge is -2.40. The number of nitrogens with zero attached hydrogens (tertiary/aromatic N) is 3. The largest absolute Gasteiger partial charge is 0.459 e. The first-order valence-corrected chi connectivity index (χ1v) is 8.37. The smallest absolute Gasteiger partial charge is 0.303 e. The molecule has 1 aromatic carbocycles. The SMILES string of the molecule is CC(=O)OCc1nnn([C@@H]2O[C@H](CO)[C@@H](O)[C@H](O)[C@H]2O)c1-c1ccccc1. The molecule has 0 radical (unpaired) electrons. The predicted octanol–water partition coefficient (Wildman–Crippen LogP) is -1.02. The average Bonchev–Trinajstić information content (AvgIpc) is 3.09. The van der Waals surface area contributed by atoms with Gasteiger partial charge in [0.05, 0.1) is 12.3 Å². The molecule has 10 nitrogen and oxygen atoms in total. The van der Waals surface area contributed by atoms with Crippen molar-refractivity contribution in [3.63, 3.8) is 0 Å². The Labute approximate surface area is 154 Å². The summed E-state index contributed by atoms with van der Waals surface area (Å²) in [5, 5.41) is 47.8. The number of ether oxygens (including phenoxy) is 2. The van der Waals surface area contributed by atoms with Crippen molar-refractivity contribution in [2.24, 2.45) is 0 Å². The monoisotopic (exact) mass is 379 g/mol. The second-order valence-electron chi connectivity index (χ2n) is 6.20. The molecule has 0 unspecified atom stereocenters. The van der Waals surface area contributed by atoms with Crippen LogP contribution >= 0.6 is 0 Å². The third kappa shape index (κ3) is 3.84. The molecule has 3 rings (SSSR count). The van der Waals surface area contributed by atoms with E-state index in [0.717, 1.165) is 0 Å². The predicted molar refractivity (Wildman–Crippen MR) is 89.9 cm³/mol. The Kier molecular flexibility index (Phi) is 5.82. The Morgan fingerprint density at radius 3 is 2.52 bits per heavy atom. The van der Waals surface area contributed by atoms with Crippen molar-refractivity contribution in [3.8, 4) is 11.3 Å². The Bertz CT molecular complexity index is 780. The Balaban J connectivity index is 2.03. The van der Waals surface area contributed by atoms with Crippen molar-refractivity contribution in [1.82, 2.24) is 15.0 Å². The third-order valence-electron chi connectivity index (χ3n) is 4.33. The molecule has 2 aromatic rings. The van der Waals surface area contributed by atoms with Crippen LogP contribution in [0.1, 0.15) is 18.8 Å². The molecule has 0 spiro atoms. The lowest BCUT2D eigenvalue weighted by atomic mass is 9.98. The summed E-state index contributed by atoms with van der Waals surface area (Å²) < 4.78 is 11.8. The van der Waals surface area contributed by atoms with E-state index in [2.05, 4.69) is 10.3 Å². The molecule has 5 atom stereocenters. The fourth-order valence-electron chi connectivity index (χ4n) is 2.95. The van der Waals surface area contributed by atoms with Crippen molar-refractivity contribution in [2.75, 3.05) is 6.61 Å². The van der Waals surface area contributed by atoms with Gasteiger partial charge < -0.3 is 29.9 Å². The van der Waals surface area contributed by atoms with Gasteiger partial charge in [-0.25, -0.2) is 4.68 Å². The van der Waals surface area contributed by atoms with Crippen LogP contribution in [0.25, 0.3) is 11.3 Å². The second kappa shape index (κ2) is 8.11. The quantitative estimate of drug-likeness (QED) is 0.479. The highest BCUT2D eigenvalue weighted by atomic mass is 16.6. The van der Waals surface area contributed by atoms with Gasteiger partial charge in [-0.15, -0.1) is 5.10 Å². The summed E-state index contributed by atoms with van der Waals surface area (Å²) in [6.07, 6.45) is -6.85. The molecule has 2 heterocycles. The number of aromatic nitrogens is 3. The van der Waals surface area contributed by atoms with E-state index in [4.69, 9.17) is 9.47 Å². The van der Waals surface area contributed by atoms with Crippen molar-refractivity contribution in [3.05, 3.63) is 36.0 Å². The van der Waals surface area contributed by atoms with Gasteiger partial charge in [-0.3, -0.25) is 4.79 Å². The van der Waals surface area contributed by atoms with Gasteiger partial charge in [0.15, 0.2) is 6.23 Å². The van der Waals surface area contributed by atoms with E-state index in [0.29, 0.717) is 17.0 Å². The zero-order valence-corrected chi connectivity index (χ0v) is 14.5. The molecule has 146 valence electrons. The maximum absolute atomic E-state index is 11.2. The summed E-state index contributed by atoms with van der Waals surface area (Å²) >= 11 is 0. The fraction of sp³-hybridized carbons (Fsp3) is 0.471. The third-order valence-corrected chi connectivity index (χ3v) is 4.33. The molecule has 1 aliphatic rings. The molecule has 1 aliphatic heterocycles. The summed E-state index contributed by atoms with van der Waals surface area (Å²) in [4.78, 5) is 11.2. The van der Waals surface area contributed by atoms with Crippen molar-refractivity contribution >= 4 is 5.97 Å². The average molecular weight is 379 g/mol. The molecule has 0 bridgehead atoms. The highest BCUT2D eigenvalue weighted by molar-refractivity contribution is 5.66. The van der Waals surface area contributed by atoms with Crippen LogP contribution in [0.4, 0.5) is 0 Å². The molecule has 0 amide bonds. The minimum atomic E-state index is -1.55. The number of aliphatic hydroxyl groups is 4. The molecular formula is C17H21N3O7. The van der Waals surface area contributed by atoms with Gasteiger partial charge >= 0.3 is 5.97 Å². The molecule has 10 heteroatoms. The van der Waals surface area contributed by atoms with Crippen molar-refractivity contribution in [2.45, 2.75) is 44.2 Å². The zero-order chi connectivity index (χ0) is 19.6. The van der Waals surface area contributed by atoms with Crippen LogP contribution in [-0.2, 0) is 20.9 Å². The number of rotatable bonds is 5. The van der Waals surface area contributed by atoms with Crippen LogP contribution < -0.4 is 0 Å². The summed E-state index contributed by atoms with van der Waals surface area (Å²) in [6, 6.07) is 8.94. The lowest BCUT2D eigenvalue weighted by molar-refractivity contribution is -0.253. The van der Waals surface area contributed by atoms with Gasteiger partial charge in [-0.2, -0.15) is 0 Å². The van der Waals surface area contributed by atoms with E-state index in [-0.39, 0.29) is 6.61 Å². The Morgan fingerprint density at radius 2 is 1.89 bits per heavy atom. The van der Waals surface area contributed by atoms with Crippen LogP contribution in [-0.4, -0.2) is 72.4 Å². The normalized spacial score (nSPS) is 28.1. The molecule has 1 aromatic heterocycles. The molecule has 1 fully saturated rings. The first-order valence-electron chi connectivity index (χ1n) is 8.37. The zero-order valence-electron chi connectivity index (χ0n) is 14.5. The number of aliphatic hydroxyl groups excluding tert-OH is 4. The number of esters is 1. The summed E-state index contributed by atoms with van der Waals surface area (Å²) in [5.41, 5.74) is 1.41. The van der Waals surface area contributed by atoms with Gasteiger partial charge in [0.25, 0.3) is 0 Å². The maximum atomic E-state index is 11.2. The molecule has 4 N–H and O–H groups in total. The summed E-state index contributed by atoms with van der Waals surface area (Å²) in [6.45, 7) is 0.568. The van der Waals surface area contributed by atoms with Crippen LogP contribution in [0.15, 0.2) is 30.3 Å². The topological polar surface area (TPSA) is 147 Å². The van der Waals surface area contributed by atoms with E-state index in [1.807, 2.05) is 6.07 Å². The molecule has 27 heavy (non-hydrogen) atoms. The second-order valence-corrected chi connectivity index (χ2v) is 6.20. The molecule has 0 aliphatic carbocycles. The first-order chi connectivity index (χ1) is 12.9. The van der Waals surface area contributed by atoms with Crippen LogP contribution in [0, 0.1) is 0 Å². The van der Waals surface area contributed by atoms with Crippen LogP contribution in [0.5, 0.6) is 0 Å². The number of hydrogen-bond acceptors (Lipinski definition) is 9.